The lowest BCUT2D eigenvalue weighted by atomic mass is 9.91. The van der Waals surface area contributed by atoms with E-state index >= 15 is 0 Å². The standard InChI is InChI=1S/C27H34FN3O2/c1-3-4-26(33-2)18-14-22-24(15-18)30-16-23(25(32)13-17-5-7-19(28)8-6-17)27(22)31-21-11-9-20(29)10-12-21/h5-8,14,16,20-21,26H,3-4,9-13,15,29H2,1-2H3,(H,30,31). The molecule has 176 valence electrons. The van der Waals surface area contributed by atoms with Crippen LogP contribution >= 0.6 is 0 Å². The number of ether oxygens (including phenoxy) is 1. The molecule has 1 fully saturated rings. The Morgan fingerprint density at radius 3 is 2.64 bits per heavy atom. The smallest absolute Gasteiger partial charge is 0.170 e. The number of Topliss-reactive ketones (excluding diaryl/α,β-unsaturated/α-hetero) is 1. The molecule has 2 aliphatic rings. The Bertz CT molecular complexity index is 1010. The molecule has 1 unspecified atom stereocenters. The quantitative estimate of drug-likeness (QED) is 0.520. The summed E-state index contributed by atoms with van der Waals surface area (Å²) in [5.74, 6) is -0.327. The Hall–Kier alpha value is -2.57. The molecule has 1 aromatic carbocycles. The van der Waals surface area contributed by atoms with E-state index in [1.807, 2.05) is 0 Å². The van der Waals surface area contributed by atoms with Crippen LogP contribution in [0.25, 0.3) is 6.08 Å². The largest absolute Gasteiger partial charge is 0.381 e. The van der Waals surface area contributed by atoms with Crippen molar-refractivity contribution in [2.45, 2.75) is 76.5 Å². The predicted molar refractivity (Wildman–Crippen MR) is 130 cm³/mol. The Balaban J connectivity index is 1.66. The average molecular weight is 452 g/mol. The van der Waals surface area contributed by atoms with E-state index in [0.29, 0.717) is 5.56 Å². The van der Waals surface area contributed by atoms with Crippen molar-refractivity contribution in [3.63, 3.8) is 0 Å². The Labute approximate surface area is 195 Å². The van der Waals surface area contributed by atoms with Crippen molar-refractivity contribution in [2.24, 2.45) is 5.73 Å². The summed E-state index contributed by atoms with van der Waals surface area (Å²) in [5.41, 5.74) is 11.6. The van der Waals surface area contributed by atoms with Crippen molar-refractivity contribution in [3.8, 4) is 0 Å². The molecular formula is C27H34FN3O2. The fourth-order valence-corrected chi connectivity index (χ4v) is 4.93. The number of nitrogens with one attached hydrogen (secondary N) is 1. The van der Waals surface area contributed by atoms with Gasteiger partial charge in [-0.15, -0.1) is 0 Å². The lowest BCUT2D eigenvalue weighted by molar-refractivity contribution is 0.0993. The molecule has 0 bridgehead atoms. The zero-order chi connectivity index (χ0) is 23.4. The summed E-state index contributed by atoms with van der Waals surface area (Å²) in [6.07, 6.45) is 10.8. The van der Waals surface area contributed by atoms with Crippen LogP contribution in [-0.4, -0.2) is 36.1 Å². The second kappa shape index (κ2) is 10.6. The summed E-state index contributed by atoms with van der Waals surface area (Å²) < 4.78 is 19.1. The van der Waals surface area contributed by atoms with Gasteiger partial charge in [-0.25, -0.2) is 4.39 Å². The van der Waals surface area contributed by atoms with Crippen molar-refractivity contribution in [2.75, 3.05) is 12.4 Å². The molecule has 1 heterocycles. The number of fused-ring (bicyclic) bond motifs is 1. The van der Waals surface area contributed by atoms with Gasteiger partial charge in [0.1, 0.15) is 5.82 Å². The average Bonchev–Trinajstić information content (AvgIpc) is 3.25. The molecule has 6 heteroatoms. The zero-order valence-electron chi connectivity index (χ0n) is 19.6. The third-order valence-corrected chi connectivity index (χ3v) is 6.85. The molecule has 4 rings (SSSR count). The predicted octanol–water partition coefficient (Wildman–Crippen LogP) is 5.08. The third-order valence-electron chi connectivity index (χ3n) is 6.85. The van der Waals surface area contributed by atoms with Gasteiger partial charge in [0, 0.05) is 43.8 Å². The molecule has 3 N–H and O–H groups in total. The SMILES string of the molecule is CCCC(OC)C1=Cc2c(ncc(C(=O)Cc3ccc(F)cc3)c2NC2CCC(N)CC2)C1. The fraction of sp³-hybridized carbons (Fsp3) is 0.481. The number of ketones is 1. The van der Waals surface area contributed by atoms with E-state index in [2.05, 4.69) is 23.3 Å². The molecule has 0 spiro atoms. The van der Waals surface area contributed by atoms with E-state index in [9.17, 15) is 9.18 Å². The zero-order valence-corrected chi connectivity index (χ0v) is 19.6. The van der Waals surface area contributed by atoms with Gasteiger partial charge in [0.2, 0.25) is 0 Å². The number of carbonyl (C=O) groups excluding carboxylic acids is 1. The maximum Gasteiger partial charge on any atom is 0.170 e. The van der Waals surface area contributed by atoms with Gasteiger partial charge >= 0.3 is 0 Å². The number of anilines is 1. The first-order valence-electron chi connectivity index (χ1n) is 12.0. The number of rotatable bonds is 9. The number of nitrogens with two attached hydrogens (primary N) is 1. The number of methoxy groups -OCH3 is 1. The van der Waals surface area contributed by atoms with Crippen LogP contribution in [0.15, 0.2) is 36.0 Å². The van der Waals surface area contributed by atoms with Crippen LogP contribution in [0.2, 0.25) is 0 Å². The van der Waals surface area contributed by atoms with Gasteiger partial charge in [0.25, 0.3) is 0 Å². The summed E-state index contributed by atoms with van der Waals surface area (Å²) in [6, 6.07) is 6.64. The van der Waals surface area contributed by atoms with Crippen molar-refractivity contribution in [1.29, 1.82) is 0 Å². The van der Waals surface area contributed by atoms with Crippen molar-refractivity contribution < 1.29 is 13.9 Å². The van der Waals surface area contributed by atoms with Crippen LogP contribution < -0.4 is 11.1 Å². The van der Waals surface area contributed by atoms with Crippen LogP contribution in [-0.2, 0) is 17.6 Å². The molecule has 2 aliphatic carbocycles. The van der Waals surface area contributed by atoms with Crippen LogP contribution in [0.5, 0.6) is 0 Å². The number of nitrogens with zero attached hydrogens (tertiary/aromatic N) is 1. The normalized spacial score (nSPS) is 20.8. The van der Waals surface area contributed by atoms with Gasteiger partial charge in [-0.05, 0) is 61.4 Å². The molecule has 5 nitrogen and oxygen atoms in total. The number of hydrogen-bond acceptors (Lipinski definition) is 5. The van der Waals surface area contributed by atoms with E-state index in [1.165, 1.54) is 17.7 Å². The minimum Gasteiger partial charge on any atom is -0.381 e. The van der Waals surface area contributed by atoms with E-state index in [1.54, 1.807) is 25.4 Å². The molecule has 1 aromatic heterocycles. The number of benzene rings is 1. The highest BCUT2D eigenvalue weighted by molar-refractivity contribution is 6.04. The van der Waals surface area contributed by atoms with Crippen LogP contribution in [0, 0.1) is 5.82 Å². The van der Waals surface area contributed by atoms with Crippen LogP contribution in [0.3, 0.4) is 0 Å². The molecule has 1 saturated carbocycles. The second-order valence-electron chi connectivity index (χ2n) is 9.30. The Morgan fingerprint density at radius 1 is 1.24 bits per heavy atom. The monoisotopic (exact) mass is 451 g/mol. The van der Waals surface area contributed by atoms with Gasteiger partial charge in [0.15, 0.2) is 5.78 Å². The van der Waals surface area contributed by atoms with E-state index in [4.69, 9.17) is 10.5 Å². The van der Waals surface area contributed by atoms with E-state index in [-0.39, 0.29) is 36.2 Å². The maximum atomic E-state index is 13.3. The first-order valence-corrected chi connectivity index (χ1v) is 12.0. The summed E-state index contributed by atoms with van der Waals surface area (Å²) >= 11 is 0. The second-order valence-corrected chi connectivity index (χ2v) is 9.30. The molecule has 33 heavy (non-hydrogen) atoms. The van der Waals surface area contributed by atoms with E-state index < -0.39 is 0 Å². The maximum absolute atomic E-state index is 13.3. The van der Waals surface area contributed by atoms with Gasteiger partial charge < -0.3 is 15.8 Å². The summed E-state index contributed by atoms with van der Waals surface area (Å²) in [5, 5.41) is 3.69. The van der Waals surface area contributed by atoms with Gasteiger partial charge in [0.05, 0.1) is 23.0 Å². The summed E-state index contributed by atoms with van der Waals surface area (Å²) in [4.78, 5) is 18.0. The van der Waals surface area contributed by atoms with Gasteiger partial charge in [-0.3, -0.25) is 9.78 Å². The lowest BCUT2D eigenvalue weighted by Crippen LogP contribution is -2.33. The highest BCUT2D eigenvalue weighted by atomic mass is 19.1. The van der Waals surface area contributed by atoms with E-state index in [0.717, 1.165) is 67.5 Å². The minimum atomic E-state index is -0.305. The van der Waals surface area contributed by atoms with Crippen molar-refractivity contribution in [3.05, 3.63) is 64.2 Å². The molecule has 0 saturated heterocycles. The molecule has 2 aromatic rings. The Morgan fingerprint density at radius 2 is 1.97 bits per heavy atom. The summed E-state index contributed by atoms with van der Waals surface area (Å²) in [6.45, 7) is 2.15. The molecule has 0 radical (unpaired) electrons. The molecule has 1 atom stereocenters. The topological polar surface area (TPSA) is 77.2 Å². The van der Waals surface area contributed by atoms with Crippen molar-refractivity contribution in [1.82, 2.24) is 4.98 Å². The fourth-order valence-electron chi connectivity index (χ4n) is 4.93. The van der Waals surface area contributed by atoms with Crippen molar-refractivity contribution >= 4 is 17.5 Å². The molecule has 0 aliphatic heterocycles. The summed E-state index contributed by atoms with van der Waals surface area (Å²) in [7, 11) is 1.75. The number of carbonyl (C=O) groups is 1. The highest BCUT2D eigenvalue weighted by Crippen LogP contribution is 2.36. The Kier molecular flexibility index (Phi) is 7.56. The first kappa shape index (κ1) is 23.6. The number of hydrogen-bond donors (Lipinski definition) is 2. The number of aromatic nitrogens is 1. The number of halogens is 1. The molecule has 0 amide bonds. The van der Waals surface area contributed by atoms with Gasteiger partial charge in [-0.2, -0.15) is 0 Å². The minimum absolute atomic E-state index is 0.0226. The molecular weight excluding hydrogens is 417 g/mol. The lowest BCUT2D eigenvalue weighted by Gasteiger charge is -2.29. The third kappa shape index (κ3) is 5.50. The van der Waals surface area contributed by atoms with Crippen LogP contribution in [0.4, 0.5) is 10.1 Å². The van der Waals surface area contributed by atoms with Gasteiger partial charge in [-0.1, -0.05) is 25.5 Å². The number of pyridine rings is 1. The highest BCUT2D eigenvalue weighted by Gasteiger charge is 2.28. The van der Waals surface area contributed by atoms with Crippen LogP contribution in [0.1, 0.15) is 72.6 Å². The first-order chi connectivity index (χ1) is 16.0.